The monoisotopic (exact) mass is 298 g/mol. The Bertz CT molecular complexity index is 671. The second-order valence-electron chi connectivity index (χ2n) is 4.85. The van der Waals surface area contributed by atoms with Crippen LogP contribution in [-0.4, -0.2) is 20.9 Å². The normalized spacial score (nSPS) is 18.9. The summed E-state index contributed by atoms with van der Waals surface area (Å²) in [6.45, 7) is 0. The molecule has 4 nitrogen and oxygen atoms in total. The minimum atomic E-state index is -0.0509. The number of nitrogens with zero attached hydrogens (tertiary/aromatic N) is 2. The number of rotatable bonds is 3. The standard InChI is InChI=1S/C16H14N2O2S/c19-13-9-12(11-5-2-1-3-6-11)10-14(20)15(13)21-16-17-7-4-8-18-16/h1-8,12,19H,9-10H2. The van der Waals surface area contributed by atoms with Crippen molar-refractivity contribution in [3.8, 4) is 0 Å². The Morgan fingerprint density at radius 1 is 1.05 bits per heavy atom. The molecular weight excluding hydrogens is 284 g/mol. The van der Waals surface area contributed by atoms with Gasteiger partial charge in [0.05, 0.1) is 4.91 Å². The van der Waals surface area contributed by atoms with Gasteiger partial charge in [0.2, 0.25) is 0 Å². The smallest absolute Gasteiger partial charge is 0.192 e. The van der Waals surface area contributed by atoms with Crippen LogP contribution >= 0.6 is 11.8 Å². The van der Waals surface area contributed by atoms with Crippen LogP contribution in [0.4, 0.5) is 0 Å². The number of ketones is 1. The summed E-state index contributed by atoms with van der Waals surface area (Å²) in [6, 6.07) is 11.5. The van der Waals surface area contributed by atoms with Crippen LogP contribution in [0.2, 0.25) is 0 Å². The predicted octanol–water partition coefficient (Wildman–Crippen LogP) is 3.49. The molecule has 5 heteroatoms. The van der Waals surface area contributed by atoms with Crippen molar-refractivity contribution >= 4 is 17.5 Å². The molecule has 0 saturated carbocycles. The zero-order chi connectivity index (χ0) is 14.7. The first-order valence-electron chi connectivity index (χ1n) is 6.69. The van der Waals surface area contributed by atoms with Gasteiger partial charge in [-0.1, -0.05) is 30.3 Å². The van der Waals surface area contributed by atoms with E-state index in [1.165, 1.54) is 0 Å². The zero-order valence-electron chi connectivity index (χ0n) is 11.3. The number of thioether (sulfide) groups is 1. The van der Waals surface area contributed by atoms with Crippen LogP contribution < -0.4 is 0 Å². The highest BCUT2D eigenvalue weighted by Crippen LogP contribution is 2.38. The lowest BCUT2D eigenvalue weighted by Gasteiger charge is -2.23. The molecule has 2 aromatic rings. The van der Waals surface area contributed by atoms with Crippen LogP contribution in [0.1, 0.15) is 24.3 Å². The number of Topliss-reactive ketones (excluding diaryl/α,β-unsaturated/α-hetero) is 1. The fraction of sp³-hybridized carbons (Fsp3) is 0.188. The molecule has 106 valence electrons. The van der Waals surface area contributed by atoms with E-state index in [9.17, 15) is 9.90 Å². The maximum Gasteiger partial charge on any atom is 0.192 e. The summed E-state index contributed by atoms with van der Waals surface area (Å²) in [6.07, 6.45) is 4.12. The first-order valence-corrected chi connectivity index (χ1v) is 7.51. The molecule has 0 bridgehead atoms. The van der Waals surface area contributed by atoms with Gasteiger partial charge < -0.3 is 5.11 Å². The Hall–Kier alpha value is -2.14. The molecule has 0 saturated heterocycles. The minimum Gasteiger partial charge on any atom is -0.511 e. The molecule has 0 radical (unpaired) electrons. The van der Waals surface area contributed by atoms with E-state index in [4.69, 9.17) is 0 Å². The fourth-order valence-corrected chi connectivity index (χ4v) is 3.19. The average molecular weight is 298 g/mol. The maximum atomic E-state index is 12.3. The van der Waals surface area contributed by atoms with Crippen LogP contribution in [0.3, 0.4) is 0 Å². The van der Waals surface area contributed by atoms with Crippen LogP contribution in [0, 0.1) is 0 Å². The number of aromatic nitrogens is 2. The van der Waals surface area contributed by atoms with Crippen LogP contribution in [0.5, 0.6) is 0 Å². The van der Waals surface area contributed by atoms with E-state index in [0.29, 0.717) is 22.9 Å². The van der Waals surface area contributed by atoms with Crippen molar-refractivity contribution in [2.24, 2.45) is 0 Å². The molecule has 1 N–H and O–H groups in total. The minimum absolute atomic E-state index is 0.0414. The predicted molar refractivity (Wildman–Crippen MR) is 81.0 cm³/mol. The summed E-state index contributed by atoms with van der Waals surface area (Å²) in [5, 5.41) is 10.7. The summed E-state index contributed by atoms with van der Waals surface area (Å²) in [5.41, 5.74) is 1.08. The van der Waals surface area contributed by atoms with Gasteiger partial charge in [0.1, 0.15) is 5.76 Å². The molecule has 21 heavy (non-hydrogen) atoms. The summed E-state index contributed by atoms with van der Waals surface area (Å²) in [4.78, 5) is 20.8. The number of hydrogen-bond acceptors (Lipinski definition) is 5. The van der Waals surface area contributed by atoms with Crippen LogP contribution in [0.25, 0.3) is 0 Å². The van der Waals surface area contributed by atoms with Gasteiger partial charge in [0.15, 0.2) is 10.9 Å². The number of aliphatic hydroxyl groups excluding tert-OH is 1. The molecule has 0 aliphatic heterocycles. The van der Waals surface area contributed by atoms with Crippen LogP contribution in [0.15, 0.2) is 64.6 Å². The average Bonchev–Trinajstić information content (AvgIpc) is 2.52. The van der Waals surface area contributed by atoms with Gasteiger partial charge in [-0.2, -0.15) is 0 Å². The lowest BCUT2D eigenvalue weighted by atomic mass is 9.86. The Morgan fingerprint density at radius 2 is 1.76 bits per heavy atom. The highest BCUT2D eigenvalue weighted by Gasteiger charge is 2.29. The van der Waals surface area contributed by atoms with Crippen molar-refractivity contribution in [2.45, 2.75) is 23.9 Å². The quantitative estimate of drug-likeness (QED) is 0.879. The molecule has 1 heterocycles. The third-order valence-electron chi connectivity index (χ3n) is 3.39. The summed E-state index contributed by atoms with van der Waals surface area (Å²) in [5.74, 6) is 0.127. The topological polar surface area (TPSA) is 63.1 Å². The largest absolute Gasteiger partial charge is 0.511 e. The molecule has 1 aromatic heterocycles. The third kappa shape index (κ3) is 3.13. The maximum absolute atomic E-state index is 12.3. The second-order valence-corrected chi connectivity index (χ2v) is 5.83. The van der Waals surface area contributed by atoms with Gasteiger partial charge in [-0.25, -0.2) is 9.97 Å². The highest BCUT2D eigenvalue weighted by atomic mass is 32.2. The first-order chi connectivity index (χ1) is 10.2. The molecule has 3 rings (SSSR count). The lowest BCUT2D eigenvalue weighted by molar-refractivity contribution is -0.115. The molecule has 1 aromatic carbocycles. The molecular formula is C16H14N2O2S. The number of benzene rings is 1. The Labute approximate surface area is 127 Å². The van der Waals surface area contributed by atoms with Crippen molar-refractivity contribution in [2.75, 3.05) is 0 Å². The lowest BCUT2D eigenvalue weighted by Crippen LogP contribution is -2.17. The van der Waals surface area contributed by atoms with E-state index in [0.717, 1.165) is 17.3 Å². The van der Waals surface area contributed by atoms with Crippen molar-refractivity contribution in [1.82, 2.24) is 9.97 Å². The van der Waals surface area contributed by atoms with Gasteiger partial charge in [-0.05, 0) is 29.3 Å². The van der Waals surface area contributed by atoms with Crippen LogP contribution in [-0.2, 0) is 4.79 Å². The van der Waals surface area contributed by atoms with Crippen molar-refractivity contribution in [3.05, 3.63) is 65.0 Å². The van der Waals surface area contributed by atoms with E-state index < -0.39 is 0 Å². The van der Waals surface area contributed by atoms with Gasteiger partial charge in [-0.3, -0.25) is 4.79 Å². The van der Waals surface area contributed by atoms with Gasteiger partial charge in [0.25, 0.3) is 0 Å². The third-order valence-corrected chi connectivity index (χ3v) is 4.45. The molecule has 1 aliphatic carbocycles. The number of carbonyl (C=O) groups excluding carboxylic acids is 1. The molecule has 0 fully saturated rings. The van der Waals surface area contributed by atoms with Crippen molar-refractivity contribution < 1.29 is 9.90 Å². The second kappa shape index (κ2) is 6.10. The van der Waals surface area contributed by atoms with E-state index >= 15 is 0 Å². The van der Waals surface area contributed by atoms with Crippen molar-refractivity contribution in [1.29, 1.82) is 0 Å². The molecule has 1 atom stereocenters. The number of carbonyl (C=O) groups is 1. The summed E-state index contributed by atoms with van der Waals surface area (Å²) < 4.78 is 0. The SMILES string of the molecule is O=C1CC(c2ccccc2)CC(O)=C1Sc1ncccn1. The Balaban J connectivity index is 1.82. The first kappa shape index (κ1) is 13.8. The van der Waals surface area contributed by atoms with E-state index in [2.05, 4.69) is 9.97 Å². The summed E-state index contributed by atoms with van der Waals surface area (Å²) >= 11 is 1.14. The summed E-state index contributed by atoms with van der Waals surface area (Å²) in [7, 11) is 0. The zero-order valence-corrected chi connectivity index (χ0v) is 12.1. The molecule has 1 aliphatic rings. The van der Waals surface area contributed by atoms with Gasteiger partial charge in [-0.15, -0.1) is 0 Å². The molecule has 0 spiro atoms. The van der Waals surface area contributed by atoms with Crippen molar-refractivity contribution in [3.63, 3.8) is 0 Å². The van der Waals surface area contributed by atoms with E-state index in [1.807, 2.05) is 30.3 Å². The fourth-order valence-electron chi connectivity index (χ4n) is 2.38. The molecule has 0 amide bonds. The highest BCUT2D eigenvalue weighted by molar-refractivity contribution is 8.03. The Morgan fingerprint density at radius 3 is 2.43 bits per heavy atom. The van der Waals surface area contributed by atoms with E-state index in [-0.39, 0.29) is 17.5 Å². The number of hydrogen-bond donors (Lipinski definition) is 1. The number of aliphatic hydroxyl groups is 1. The molecule has 1 unspecified atom stereocenters. The van der Waals surface area contributed by atoms with E-state index in [1.54, 1.807) is 18.5 Å². The Kier molecular flexibility index (Phi) is 4.01. The number of allylic oxidation sites excluding steroid dienone is 2. The van der Waals surface area contributed by atoms with Gasteiger partial charge in [0, 0.05) is 25.2 Å². The van der Waals surface area contributed by atoms with Gasteiger partial charge >= 0.3 is 0 Å².